The highest BCUT2D eigenvalue weighted by molar-refractivity contribution is 6.30. The minimum atomic E-state index is -0.194. The molecule has 0 atom stereocenters. The molecule has 0 spiro atoms. The maximum absolute atomic E-state index is 12.9. The third-order valence-electron chi connectivity index (χ3n) is 4.97. The molecule has 148 valence electrons. The smallest absolute Gasteiger partial charge is 0.270 e. The van der Waals surface area contributed by atoms with Gasteiger partial charge >= 0.3 is 0 Å². The van der Waals surface area contributed by atoms with Crippen LogP contribution in [0.25, 0.3) is 16.8 Å². The number of hydrogen-bond acceptors (Lipinski definition) is 3. The zero-order chi connectivity index (χ0) is 21.1. The number of rotatable bonds is 5. The standard InChI is InChI=1S/C24H19ClN4O/c1-2-21-23(29-15-19(25)11-12-22(29)28-21)24(30)27-14-16-7-9-17(10-8-16)20-6-4-3-5-18(20)13-26/h3-12,15H,2,14H2,1H3,(H,27,30). The van der Waals surface area contributed by atoms with Gasteiger partial charge in [0.05, 0.1) is 22.3 Å². The highest BCUT2D eigenvalue weighted by atomic mass is 35.5. The molecule has 30 heavy (non-hydrogen) atoms. The molecule has 0 aliphatic heterocycles. The van der Waals surface area contributed by atoms with Crippen molar-refractivity contribution in [1.29, 1.82) is 5.26 Å². The summed E-state index contributed by atoms with van der Waals surface area (Å²) in [6.07, 6.45) is 2.36. The summed E-state index contributed by atoms with van der Waals surface area (Å²) in [5.41, 5.74) is 5.40. The van der Waals surface area contributed by atoms with Crippen molar-refractivity contribution in [1.82, 2.24) is 14.7 Å². The van der Waals surface area contributed by atoms with Crippen molar-refractivity contribution in [2.75, 3.05) is 0 Å². The van der Waals surface area contributed by atoms with E-state index in [9.17, 15) is 10.1 Å². The Balaban J connectivity index is 1.53. The van der Waals surface area contributed by atoms with Crippen LogP contribution >= 0.6 is 11.6 Å². The molecule has 4 rings (SSSR count). The van der Waals surface area contributed by atoms with Gasteiger partial charge in [-0.1, -0.05) is 61.0 Å². The monoisotopic (exact) mass is 414 g/mol. The van der Waals surface area contributed by atoms with Crippen molar-refractivity contribution in [2.24, 2.45) is 0 Å². The largest absolute Gasteiger partial charge is 0.347 e. The first-order chi connectivity index (χ1) is 14.6. The van der Waals surface area contributed by atoms with E-state index in [0.29, 0.717) is 34.9 Å². The second-order valence-corrected chi connectivity index (χ2v) is 7.31. The van der Waals surface area contributed by atoms with E-state index in [1.807, 2.05) is 49.4 Å². The molecule has 2 aromatic heterocycles. The maximum Gasteiger partial charge on any atom is 0.270 e. The Hall–Kier alpha value is -3.62. The minimum Gasteiger partial charge on any atom is -0.347 e. The number of imidazole rings is 1. The fraction of sp³-hybridized carbons (Fsp3) is 0.125. The van der Waals surface area contributed by atoms with Gasteiger partial charge < -0.3 is 5.32 Å². The topological polar surface area (TPSA) is 70.2 Å². The second-order valence-electron chi connectivity index (χ2n) is 6.87. The molecule has 0 unspecified atom stereocenters. The molecule has 0 bridgehead atoms. The molecular formula is C24H19ClN4O. The Morgan fingerprint density at radius 3 is 2.63 bits per heavy atom. The molecule has 4 aromatic rings. The summed E-state index contributed by atoms with van der Waals surface area (Å²) in [6.45, 7) is 2.36. The van der Waals surface area contributed by atoms with Gasteiger partial charge in [-0.25, -0.2) is 4.98 Å². The van der Waals surface area contributed by atoms with Crippen LogP contribution < -0.4 is 5.32 Å². The lowest BCUT2D eigenvalue weighted by Crippen LogP contribution is -2.25. The van der Waals surface area contributed by atoms with Gasteiger partial charge in [-0.05, 0) is 41.3 Å². The molecular weight excluding hydrogens is 396 g/mol. The van der Waals surface area contributed by atoms with Crippen LogP contribution in [0.3, 0.4) is 0 Å². The summed E-state index contributed by atoms with van der Waals surface area (Å²) in [7, 11) is 0. The van der Waals surface area contributed by atoms with E-state index in [2.05, 4.69) is 16.4 Å². The van der Waals surface area contributed by atoms with Crippen LogP contribution in [0.1, 0.15) is 34.2 Å². The zero-order valence-corrected chi connectivity index (χ0v) is 17.1. The molecule has 0 saturated heterocycles. The third kappa shape index (κ3) is 3.78. The molecule has 0 aliphatic rings. The van der Waals surface area contributed by atoms with Crippen molar-refractivity contribution in [3.63, 3.8) is 0 Å². The molecule has 0 radical (unpaired) electrons. The average molecular weight is 415 g/mol. The molecule has 5 nitrogen and oxygen atoms in total. The van der Waals surface area contributed by atoms with Gasteiger partial charge in [0.15, 0.2) is 0 Å². The first kappa shape index (κ1) is 19.7. The number of aromatic nitrogens is 2. The SMILES string of the molecule is CCc1nc2ccc(Cl)cn2c1C(=O)NCc1ccc(-c2ccccc2C#N)cc1. The molecule has 6 heteroatoms. The van der Waals surface area contributed by atoms with E-state index < -0.39 is 0 Å². The number of pyridine rings is 1. The number of hydrogen-bond donors (Lipinski definition) is 1. The van der Waals surface area contributed by atoms with E-state index >= 15 is 0 Å². The second kappa shape index (κ2) is 8.40. The number of carbonyl (C=O) groups is 1. The van der Waals surface area contributed by atoms with Gasteiger partial charge in [0.2, 0.25) is 0 Å². The lowest BCUT2D eigenvalue weighted by molar-refractivity contribution is 0.0944. The van der Waals surface area contributed by atoms with Crippen LogP contribution in [0.4, 0.5) is 0 Å². The number of nitrogens with one attached hydrogen (secondary N) is 1. The van der Waals surface area contributed by atoms with Gasteiger partial charge in [0, 0.05) is 12.7 Å². The Bertz CT molecular complexity index is 1270. The van der Waals surface area contributed by atoms with Gasteiger partial charge in [0.1, 0.15) is 11.3 Å². The number of amides is 1. The molecule has 1 N–H and O–H groups in total. The quantitative estimate of drug-likeness (QED) is 0.498. The summed E-state index contributed by atoms with van der Waals surface area (Å²) in [6, 6.07) is 21.1. The van der Waals surface area contributed by atoms with Crippen molar-refractivity contribution in [3.8, 4) is 17.2 Å². The normalized spacial score (nSPS) is 10.7. The summed E-state index contributed by atoms with van der Waals surface area (Å²) < 4.78 is 1.73. The Labute approximate surface area is 179 Å². The van der Waals surface area contributed by atoms with Crippen molar-refractivity contribution in [2.45, 2.75) is 19.9 Å². The first-order valence-corrected chi connectivity index (χ1v) is 10.0. The van der Waals surface area contributed by atoms with Crippen LogP contribution in [0.15, 0.2) is 66.9 Å². The van der Waals surface area contributed by atoms with Gasteiger partial charge in [-0.15, -0.1) is 0 Å². The van der Waals surface area contributed by atoms with Crippen LogP contribution in [0.2, 0.25) is 5.02 Å². The van der Waals surface area contributed by atoms with E-state index in [1.54, 1.807) is 28.8 Å². The number of fused-ring (bicyclic) bond motifs is 1. The Kier molecular flexibility index (Phi) is 5.51. The number of benzene rings is 2. The molecule has 2 heterocycles. The van der Waals surface area contributed by atoms with E-state index in [1.165, 1.54) is 0 Å². The molecule has 0 saturated carbocycles. The highest BCUT2D eigenvalue weighted by Crippen LogP contribution is 2.23. The highest BCUT2D eigenvalue weighted by Gasteiger charge is 2.18. The van der Waals surface area contributed by atoms with Crippen LogP contribution in [0, 0.1) is 11.3 Å². The predicted octanol–water partition coefficient (Wildman–Crippen LogP) is 5.02. The predicted molar refractivity (Wildman–Crippen MR) is 117 cm³/mol. The summed E-state index contributed by atoms with van der Waals surface area (Å²) in [5, 5.41) is 12.8. The molecule has 1 amide bonds. The van der Waals surface area contributed by atoms with Gasteiger partial charge in [0.25, 0.3) is 5.91 Å². The van der Waals surface area contributed by atoms with Crippen LogP contribution in [-0.4, -0.2) is 15.3 Å². The number of nitriles is 1. The maximum atomic E-state index is 12.9. The van der Waals surface area contributed by atoms with Crippen LogP contribution in [-0.2, 0) is 13.0 Å². The lowest BCUT2D eigenvalue weighted by Gasteiger charge is -2.09. The number of nitrogens with zero attached hydrogens (tertiary/aromatic N) is 3. The van der Waals surface area contributed by atoms with E-state index in [-0.39, 0.29) is 5.91 Å². The van der Waals surface area contributed by atoms with Crippen molar-refractivity contribution >= 4 is 23.2 Å². The van der Waals surface area contributed by atoms with Gasteiger partial charge in [-0.2, -0.15) is 5.26 Å². The minimum absolute atomic E-state index is 0.194. The number of carbonyl (C=O) groups excluding carboxylic acids is 1. The molecule has 0 fully saturated rings. The molecule has 0 aliphatic carbocycles. The number of halogens is 1. The number of aryl methyl sites for hydroxylation is 1. The fourth-order valence-electron chi connectivity index (χ4n) is 3.45. The third-order valence-corrected chi connectivity index (χ3v) is 5.19. The Morgan fingerprint density at radius 2 is 1.90 bits per heavy atom. The average Bonchev–Trinajstić information content (AvgIpc) is 3.15. The first-order valence-electron chi connectivity index (χ1n) is 9.64. The van der Waals surface area contributed by atoms with Gasteiger partial charge in [-0.3, -0.25) is 9.20 Å². The summed E-state index contributed by atoms with van der Waals surface area (Å²) in [5.74, 6) is -0.194. The zero-order valence-electron chi connectivity index (χ0n) is 16.4. The molecule has 2 aromatic carbocycles. The summed E-state index contributed by atoms with van der Waals surface area (Å²) in [4.78, 5) is 17.4. The Morgan fingerprint density at radius 1 is 1.13 bits per heavy atom. The fourth-order valence-corrected chi connectivity index (χ4v) is 3.62. The van der Waals surface area contributed by atoms with Crippen LogP contribution in [0.5, 0.6) is 0 Å². The summed E-state index contributed by atoms with van der Waals surface area (Å²) >= 11 is 6.11. The van der Waals surface area contributed by atoms with E-state index in [0.717, 1.165) is 22.4 Å². The van der Waals surface area contributed by atoms with E-state index in [4.69, 9.17) is 11.6 Å². The van der Waals surface area contributed by atoms with Crippen molar-refractivity contribution in [3.05, 3.63) is 94.4 Å². The van der Waals surface area contributed by atoms with Crippen molar-refractivity contribution < 1.29 is 4.79 Å². The lowest BCUT2D eigenvalue weighted by atomic mass is 9.99.